The van der Waals surface area contributed by atoms with Crippen LogP contribution in [-0.4, -0.2) is 37.1 Å². The number of likely N-dealkylation sites (tertiary alicyclic amines) is 1. The van der Waals surface area contributed by atoms with E-state index in [0.717, 1.165) is 51.6 Å². The van der Waals surface area contributed by atoms with Gasteiger partial charge in [-0.2, -0.15) is 0 Å². The molecule has 0 bridgehead atoms. The lowest BCUT2D eigenvalue weighted by Crippen LogP contribution is -2.49. The van der Waals surface area contributed by atoms with Gasteiger partial charge < -0.3 is 9.64 Å². The van der Waals surface area contributed by atoms with Gasteiger partial charge in [-0.05, 0) is 43.0 Å². The summed E-state index contributed by atoms with van der Waals surface area (Å²) in [6, 6.07) is 4.21. The van der Waals surface area contributed by atoms with Crippen LogP contribution in [0.1, 0.15) is 43.4 Å². The first kappa shape index (κ1) is 16.5. The number of thiophene rings is 1. The molecule has 4 heteroatoms. The van der Waals surface area contributed by atoms with Crippen molar-refractivity contribution in [2.45, 2.75) is 43.9 Å². The molecule has 1 aliphatic carbocycles. The Morgan fingerprint density at radius 3 is 2.96 bits per heavy atom. The molecule has 2 fully saturated rings. The molecule has 0 N–H and O–H groups in total. The third kappa shape index (κ3) is 3.46. The summed E-state index contributed by atoms with van der Waals surface area (Å²) < 4.78 is 5.50. The summed E-state index contributed by atoms with van der Waals surface area (Å²) in [4.78, 5) is 16.7. The number of terminal acetylenes is 1. The molecular formula is C19H25NO2S. The second-order valence-electron chi connectivity index (χ2n) is 6.75. The van der Waals surface area contributed by atoms with Gasteiger partial charge in [0.2, 0.25) is 5.91 Å². The van der Waals surface area contributed by atoms with Crippen molar-refractivity contribution in [3.8, 4) is 12.3 Å². The molecular weight excluding hydrogens is 306 g/mol. The normalized spacial score (nSPS) is 23.6. The molecule has 1 amide bonds. The Labute approximate surface area is 143 Å². The molecule has 124 valence electrons. The lowest BCUT2D eigenvalue weighted by Gasteiger charge is -2.38. The largest absolute Gasteiger partial charge is 0.368 e. The number of carbonyl (C=O) groups is 1. The zero-order valence-corrected chi connectivity index (χ0v) is 14.4. The molecule has 0 spiro atoms. The maximum Gasteiger partial charge on any atom is 0.234 e. The molecule has 1 saturated carbocycles. The summed E-state index contributed by atoms with van der Waals surface area (Å²) in [6.07, 6.45) is 11.7. The van der Waals surface area contributed by atoms with E-state index in [1.54, 1.807) is 11.3 Å². The number of carbonyl (C=O) groups excluding carboxylic acids is 1. The van der Waals surface area contributed by atoms with Gasteiger partial charge >= 0.3 is 0 Å². The van der Waals surface area contributed by atoms with Crippen molar-refractivity contribution in [2.75, 3.05) is 26.3 Å². The molecule has 0 aromatic carbocycles. The smallest absolute Gasteiger partial charge is 0.234 e. The van der Waals surface area contributed by atoms with Crippen LogP contribution < -0.4 is 0 Å². The quantitative estimate of drug-likeness (QED) is 0.611. The highest BCUT2D eigenvalue weighted by Gasteiger charge is 2.46. The molecule has 1 unspecified atom stereocenters. The highest BCUT2D eigenvalue weighted by molar-refractivity contribution is 7.10. The first-order valence-electron chi connectivity index (χ1n) is 8.61. The molecule has 3 rings (SSSR count). The van der Waals surface area contributed by atoms with Gasteiger partial charge in [0.05, 0.1) is 12.0 Å². The van der Waals surface area contributed by atoms with E-state index in [-0.39, 0.29) is 5.41 Å². The molecule has 1 atom stereocenters. The lowest BCUT2D eigenvalue weighted by atomic mass is 9.82. The molecule has 23 heavy (non-hydrogen) atoms. The molecule has 1 aromatic rings. The number of nitrogens with zero attached hydrogens (tertiary/aromatic N) is 1. The third-order valence-corrected chi connectivity index (χ3v) is 6.28. The van der Waals surface area contributed by atoms with Gasteiger partial charge in [-0.1, -0.05) is 24.8 Å². The Balaban J connectivity index is 1.70. The minimum Gasteiger partial charge on any atom is -0.368 e. The monoisotopic (exact) mass is 331 g/mol. The minimum absolute atomic E-state index is 0.254. The van der Waals surface area contributed by atoms with Crippen molar-refractivity contribution >= 4 is 17.2 Å². The van der Waals surface area contributed by atoms with E-state index in [1.165, 1.54) is 4.88 Å². The van der Waals surface area contributed by atoms with Gasteiger partial charge in [-0.15, -0.1) is 17.8 Å². The van der Waals surface area contributed by atoms with Crippen LogP contribution in [0.2, 0.25) is 0 Å². The van der Waals surface area contributed by atoms with Gasteiger partial charge in [0.25, 0.3) is 0 Å². The Morgan fingerprint density at radius 2 is 2.26 bits per heavy atom. The van der Waals surface area contributed by atoms with Crippen LogP contribution in [0.5, 0.6) is 0 Å². The maximum atomic E-state index is 13.4. The summed E-state index contributed by atoms with van der Waals surface area (Å²) in [7, 11) is 0. The van der Waals surface area contributed by atoms with E-state index < -0.39 is 0 Å². The molecule has 0 radical (unpaired) electrons. The van der Waals surface area contributed by atoms with E-state index >= 15 is 0 Å². The summed E-state index contributed by atoms with van der Waals surface area (Å²) in [6.45, 7) is 2.73. The fraction of sp³-hybridized carbons (Fsp3) is 0.632. The summed E-state index contributed by atoms with van der Waals surface area (Å²) in [5.41, 5.74) is -0.254. The molecule has 2 aliphatic rings. The Kier molecular flexibility index (Phi) is 5.40. The van der Waals surface area contributed by atoms with Crippen LogP contribution in [0.15, 0.2) is 17.5 Å². The Morgan fingerprint density at radius 1 is 1.43 bits per heavy atom. The van der Waals surface area contributed by atoms with Gasteiger partial charge in [-0.3, -0.25) is 4.79 Å². The zero-order chi connectivity index (χ0) is 16.1. The second kappa shape index (κ2) is 7.51. The molecule has 1 saturated heterocycles. The SMILES string of the molecule is C#CCOCC1CCCN(C(=O)C2(c3cccs3)CCCC2)C1. The second-order valence-corrected chi connectivity index (χ2v) is 7.69. The number of hydrogen-bond donors (Lipinski definition) is 0. The lowest BCUT2D eigenvalue weighted by molar-refractivity contribution is -0.139. The van der Waals surface area contributed by atoms with E-state index in [0.29, 0.717) is 25.0 Å². The zero-order valence-electron chi connectivity index (χ0n) is 13.6. The highest BCUT2D eigenvalue weighted by atomic mass is 32.1. The van der Waals surface area contributed by atoms with Gasteiger partial charge in [0.15, 0.2) is 0 Å². The Bertz CT molecular complexity index is 554. The molecule has 2 heterocycles. The average molecular weight is 331 g/mol. The van der Waals surface area contributed by atoms with Crippen molar-refractivity contribution in [2.24, 2.45) is 5.92 Å². The third-order valence-electron chi connectivity index (χ3n) is 5.20. The highest BCUT2D eigenvalue weighted by Crippen LogP contribution is 2.45. The van der Waals surface area contributed by atoms with Crippen molar-refractivity contribution in [3.05, 3.63) is 22.4 Å². The number of amides is 1. The van der Waals surface area contributed by atoms with Crippen LogP contribution in [0.25, 0.3) is 0 Å². The van der Waals surface area contributed by atoms with Crippen molar-refractivity contribution < 1.29 is 9.53 Å². The van der Waals surface area contributed by atoms with E-state index in [4.69, 9.17) is 11.2 Å². The van der Waals surface area contributed by atoms with Crippen molar-refractivity contribution in [1.82, 2.24) is 4.90 Å². The van der Waals surface area contributed by atoms with Gasteiger partial charge in [0, 0.05) is 18.0 Å². The summed E-state index contributed by atoms with van der Waals surface area (Å²) >= 11 is 1.73. The molecule has 1 aliphatic heterocycles. The van der Waals surface area contributed by atoms with Crippen molar-refractivity contribution in [1.29, 1.82) is 0 Å². The average Bonchev–Trinajstić information content (AvgIpc) is 3.27. The number of hydrogen-bond acceptors (Lipinski definition) is 3. The summed E-state index contributed by atoms with van der Waals surface area (Å²) in [5, 5.41) is 2.09. The van der Waals surface area contributed by atoms with E-state index in [2.05, 4.69) is 28.3 Å². The van der Waals surface area contributed by atoms with Crippen LogP contribution >= 0.6 is 11.3 Å². The van der Waals surface area contributed by atoms with E-state index in [1.807, 2.05) is 0 Å². The van der Waals surface area contributed by atoms with Gasteiger partial charge in [0.1, 0.15) is 6.61 Å². The Hall–Kier alpha value is -1.31. The molecule has 3 nitrogen and oxygen atoms in total. The predicted octanol–water partition coefficient (Wildman–Crippen LogP) is 3.45. The first-order valence-corrected chi connectivity index (χ1v) is 9.49. The summed E-state index contributed by atoms with van der Waals surface area (Å²) in [5.74, 6) is 3.27. The minimum atomic E-state index is -0.254. The predicted molar refractivity (Wildman–Crippen MR) is 93.4 cm³/mol. The topological polar surface area (TPSA) is 29.5 Å². The van der Waals surface area contributed by atoms with Gasteiger partial charge in [-0.25, -0.2) is 0 Å². The van der Waals surface area contributed by atoms with Crippen LogP contribution in [-0.2, 0) is 14.9 Å². The standard InChI is InChI=1S/C19H25NO2S/c1-2-12-22-15-16-7-5-11-20(14-16)18(21)19(9-3-4-10-19)17-8-6-13-23-17/h1,6,8,13,16H,3-5,7,9-12,14-15H2. The first-order chi connectivity index (χ1) is 11.3. The van der Waals surface area contributed by atoms with Crippen molar-refractivity contribution in [3.63, 3.8) is 0 Å². The van der Waals surface area contributed by atoms with Crippen LogP contribution in [0, 0.1) is 18.3 Å². The number of ether oxygens (including phenoxy) is 1. The van der Waals surface area contributed by atoms with E-state index in [9.17, 15) is 4.79 Å². The number of rotatable bonds is 5. The number of piperidine rings is 1. The maximum absolute atomic E-state index is 13.4. The van der Waals surface area contributed by atoms with Crippen LogP contribution in [0.4, 0.5) is 0 Å². The fourth-order valence-electron chi connectivity index (χ4n) is 4.07. The van der Waals surface area contributed by atoms with Crippen LogP contribution in [0.3, 0.4) is 0 Å². The fourth-order valence-corrected chi connectivity index (χ4v) is 5.05. The molecule has 1 aromatic heterocycles.